The summed E-state index contributed by atoms with van der Waals surface area (Å²) in [6, 6.07) is 9.01. The number of unbranched alkanes of at least 4 members (excludes halogenated alkanes) is 3. The van der Waals surface area contributed by atoms with Crippen molar-refractivity contribution in [1.82, 2.24) is 0 Å². The molecule has 0 bridgehead atoms. The van der Waals surface area contributed by atoms with Crippen LogP contribution in [0.1, 0.15) is 56.6 Å². The second kappa shape index (κ2) is 6.08. The Hall–Kier alpha value is -0.780. The fraction of sp³-hybridized carbons (Fsp3) is 0.625. The third-order valence-corrected chi connectivity index (χ3v) is 3.91. The van der Waals surface area contributed by atoms with Gasteiger partial charge in [0.05, 0.1) is 0 Å². The lowest BCUT2D eigenvalue weighted by Crippen LogP contribution is -2.13. The first kappa shape index (κ1) is 11.7. The summed E-state index contributed by atoms with van der Waals surface area (Å²) in [5.74, 6) is 0.965. The molecule has 2 rings (SSSR count). The van der Waals surface area contributed by atoms with Crippen LogP contribution in [0.25, 0.3) is 0 Å². The van der Waals surface area contributed by atoms with Crippen molar-refractivity contribution in [3.8, 4) is 0 Å². The second-order valence-corrected chi connectivity index (χ2v) is 5.23. The van der Waals surface area contributed by atoms with E-state index < -0.39 is 0 Å². The van der Waals surface area contributed by atoms with Gasteiger partial charge in [0, 0.05) is 0 Å². The van der Waals surface area contributed by atoms with Crippen LogP contribution >= 0.6 is 0 Å². The Morgan fingerprint density at radius 3 is 2.69 bits per heavy atom. The molecule has 16 heavy (non-hydrogen) atoms. The van der Waals surface area contributed by atoms with Crippen LogP contribution in [0.2, 0.25) is 0 Å². The Balaban J connectivity index is 1.79. The minimum atomic E-state index is 0.965. The van der Waals surface area contributed by atoms with Gasteiger partial charge in [-0.05, 0) is 36.3 Å². The molecular weight excluding hydrogens is 192 g/mol. The SMILES string of the molecule is CCCCCC[C@@H]1CCc2ccccc2C1. The van der Waals surface area contributed by atoms with Gasteiger partial charge in [-0.2, -0.15) is 0 Å². The minimum Gasteiger partial charge on any atom is -0.0654 e. The molecular formula is C16H24. The van der Waals surface area contributed by atoms with Gasteiger partial charge < -0.3 is 0 Å². The fourth-order valence-electron chi connectivity index (χ4n) is 2.88. The largest absolute Gasteiger partial charge is 0.0654 e. The van der Waals surface area contributed by atoms with E-state index in [1.807, 2.05) is 0 Å². The average Bonchev–Trinajstić information content (AvgIpc) is 2.34. The van der Waals surface area contributed by atoms with E-state index in [9.17, 15) is 0 Å². The molecule has 0 saturated carbocycles. The molecule has 1 aromatic carbocycles. The molecule has 0 heteroatoms. The lowest BCUT2D eigenvalue weighted by molar-refractivity contribution is 0.406. The highest BCUT2D eigenvalue weighted by Crippen LogP contribution is 2.28. The summed E-state index contributed by atoms with van der Waals surface area (Å²) < 4.78 is 0. The molecule has 1 atom stereocenters. The Morgan fingerprint density at radius 2 is 1.88 bits per heavy atom. The van der Waals surface area contributed by atoms with Gasteiger partial charge >= 0.3 is 0 Å². The van der Waals surface area contributed by atoms with Crippen LogP contribution in [-0.4, -0.2) is 0 Å². The molecule has 0 N–H and O–H groups in total. The first-order valence-corrected chi connectivity index (χ1v) is 6.97. The first-order chi connectivity index (χ1) is 7.90. The quantitative estimate of drug-likeness (QED) is 0.622. The molecule has 1 aliphatic rings. The molecule has 0 aliphatic heterocycles. The van der Waals surface area contributed by atoms with Gasteiger partial charge in [-0.25, -0.2) is 0 Å². The summed E-state index contributed by atoms with van der Waals surface area (Å²) in [6.45, 7) is 2.29. The Morgan fingerprint density at radius 1 is 1.06 bits per heavy atom. The normalized spacial score (nSPS) is 19.4. The number of aryl methyl sites for hydroxylation is 1. The maximum Gasteiger partial charge on any atom is -0.0248 e. The molecule has 0 aromatic heterocycles. The summed E-state index contributed by atoms with van der Waals surface area (Å²) in [4.78, 5) is 0. The molecule has 0 amide bonds. The molecule has 0 fully saturated rings. The molecule has 88 valence electrons. The van der Waals surface area contributed by atoms with Crippen LogP contribution in [0.5, 0.6) is 0 Å². The lowest BCUT2D eigenvalue weighted by atomic mass is 9.81. The van der Waals surface area contributed by atoms with Crippen LogP contribution in [0.3, 0.4) is 0 Å². The van der Waals surface area contributed by atoms with Gasteiger partial charge in [0.1, 0.15) is 0 Å². The van der Waals surface area contributed by atoms with E-state index in [0.717, 1.165) is 5.92 Å². The van der Waals surface area contributed by atoms with Crippen molar-refractivity contribution in [3.05, 3.63) is 35.4 Å². The molecule has 0 saturated heterocycles. The van der Waals surface area contributed by atoms with E-state index in [1.54, 1.807) is 11.1 Å². The van der Waals surface area contributed by atoms with Crippen molar-refractivity contribution >= 4 is 0 Å². The van der Waals surface area contributed by atoms with Crippen molar-refractivity contribution in [3.63, 3.8) is 0 Å². The average molecular weight is 216 g/mol. The minimum absolute atomic E-state index is 0.965. The molecule has 0 unspecified atom stereocenters. The number of fused-ring (bicyclic) bond motifs is 1. The molecule has 0 radical (unpaired) electrons. The standard InChI is InChI=1S/C16H24/c1-2-3-4-5-8-14-11-12-15-9-6-7-10-16(15)13-14/h6-7,9-10,14H,2-5,8,11-13H2,1H3/t14-/m1/s1. The van der Waals surface area contributed by atoms with Gasteiger partial charge in [-0.3, -0.25) is 0 Å². The van der Waals surface area contributed by atoms with Gasteiger partial charge in [0.15, 0.2) is 0 Å². The van der Waals surface area contributed by atoms with E-state index in [1.165, 1.54) is 51.4 Å². The zero-order valence-corrected chi connectivity index (χ0v) is 10.5. The van der Waals surface area contributed by atoms with Crippen molar-refractivity contribution in [2.24, 2.45) is 5.92 Å². The number of rotatable bonds is 5. The third-order valence-electron chi connectivity index (χ3n) is 3.91. The smallest absolute Gasteiger partial charge is 0.0248 e. The Labute approximate surface area is 100 Å². The van der Waals surface area contributed by atoms with Crippen LogP contribution in [-0.2, 0) is 12.8 Å². The highest BCUT2D eigenvalue weighted by Gasteiger charge is 2.17. The Bertz CT molecular complexity index is 314. The van der Waals surface area contributed by atoms with E-state index in [4.69, 9.17) is 0 Å². The highest BCUT2D eigenvalue weighted by atomic mass is 14.2. The van der Waals surface area contributed by atoms with Crippen LogP contribution in [0, 0.1) is 5.92 Å². The third kappa shape index (κ3) is 3.10. The Kier molecular flexibility index (Phi) is 4.44. The zero-order valence-electron chi connectivity index (χ0n) is 10.5. The number of hydrogen-bond donors (Lipinski definition) is 0. The van der Waals surface area contributed by atoms with Crippen molar-refractivity contribution in [2.75, 3.05) is 0 Å². The van der Waals surface area contributed by atoms with E-state index in [2.05, 4.69) is 31.2 Å². The van der Waals surface area contributed by atoms with Crippen molar-refractivity contribution in [1.29, 1.82) is 0 Å². The summed E-state index contributed by atoms with van der Waals surface area (Å²) in [7, 11) is 0. The first-order valence-electron chi connectivity index (χ1n) is 6.97. The second-order valence-electron chi connectivity index (χ2n) is 5.23. The number of hydrogen-bond acceptors (Lipinski definition) is 0. The monoisotopic (exact) mass is 216 g/mol. The zero-order chi connectivity index (χ0) is 11.2. The van der Waals surface area contributed by atoms with E-state index in [0.29, 0.717) is 0 Å². The summed E-state index contributed by atoms with van der Waals surface area (Å²) in [6.07, 6.45) is 11.2. The van der Waals surface area contributed by atoms with Gasteiger partial charge in [0.25, 0.3) is 0 Å². The predicted octanol–water partition coefficient (Wildman–Crippen LogP) is 4.76. The maximum atomic E-state index is 2.33. The molecule has 0 heterocycles. The van der Waals surface area contributed by atoms with E-state index in [-0.39, 0.29) is 0 Å². The topological polar surface area (TPSA) is 0 Å². The van der Waals surface area contributed by atoms with Crippen LogP contribution in [0.4, 0.5) is 0 Å². The molecule has 0 nitrogen and oxygen atoms in total. The molecule has 0 spiro atoms. The fourth-order valence-corrected chi connectivity index (χ4v) is 2.88. The van der Waals surface area contributed by atoms with Crippen LogP contribution in [0.15, 0.2) is 24.3 Å². The predicted molar refractivity (Wildman–Crippen MR) is 70.7 cm³/mol. The van der Waals surface area contributed by atoms with Crippen molar-refractivity contribution < 1.29 is 0 Å². The summed E-state index contributed by atoms with van der Waals surface area (Å²) in [5, 5.41) is 0. The van der Waals surface area contributed by atoms with Crippen LogP contribution < -0.4 is 0 Å². The lowest BCUT2D eigenvalue weighted by Gasteiger charge is -2.24. The summed E-state index contributed by atoms with van der Waals surface area (Å²) >= 11 is 0. The molecule has 1 aromatic rings. The van der Waals surface area contributed by atoms with Crippen molar-refractivity contribution in [2.45, 2.75) is 58.3 Å². The van der Waals surface area contributed by atoms with Gasteiger partial charge in [0.2, 0.25) is 0 Å². The molecule has 1 aliphatic carbocycles. The number of benzene rings is 1. The van der Waals surface area contributed by atoms with E-state index >= 15 is 0 Å². The highest BCUT2D eigenvalue weighted by molar-refractivity contribution is 5.29. The van der Waals surface area contributed by atoms with Gasteiger partial charge in [-0.1, -0.05) is 63.3 Å². The maximum absolute atomic E-state index is 2.33. The summed E-state index contributed by atoms with van der Waals surface area (Å²) in [5.41, 5.74) is 3.22. The van der Waals surface area contributed by atoms with Gasteiger partial charge in [-0.15, -0.1) is 0 Å².